The Morgan fingerprint density at radius 3 is 2.67 bits per heavy atom. The summed E-state index contributed by atoms with van der Waals surface area (Å²) in [6, 6.07) is 11.8. The predicted molar refractivity (Wildman–Crippen MR) is 126 cm³/mol. The Morgan fingerprint density at radius 2 is 2.00 bits per heavy atom. The minimum atomic E-state index is -0.922. The standard InChI is InChI=1S/C26H30FN3O3/c1-16-11-24(33-2)22(21-7-9-28-25(16)21)15-29-10-8-20(30-13-19(27)14-30)12-23(29)17-3-5-18(6-4-17)26(31)32/h3-7,9,11,19-20,23,28H,8,10,12-15H2,1-2H3,(H,31,32)/t20-,23-/m1/s1. The van der Waals surface area contributed by atoms with Crippen LogP contribution in [-0.4, -0.2) is 64.8 Å². The number of carboxylic acid groups (broad SMARTS) is 1. The van der Waals surface area contributed by atoms with E-state index in [4.69, 9.17) is 4.74 Å². The van der Waals surface area contributed by atoms with Gasteiger partial charge in [-0.05, 0) is 55.2 Å². The van der Waals surface area contributed by atoms with Gasteiger partial charge in [0, 0.05) is 60.9 Å². The molecule has 0 radical (unpaired) electrons. The Balaban J connectivity index is 1.47. The maximum absolute atomic E-state index is 13.5. The van der Waals surface area contributed by atoms with E-state index in [0.717, 1.165) is 59.3 Å². The SMILES string of the molecule is COc1cc(C)c2[nH]ccc2c1CN1CC[C@@H](N2CC(F)C2)C[C@@H]1c1ccc(C(=O)O)cc1. The first-order valence-corrected chi connectivity index (χ1v) is 11.5. The Kier molecular flexibility index (Phi) is 5.85. The minimum absolute atomic E-state index is 0.116. The second kappa shape index (κ2) is 8.80. The lowest BCUT2D eigenvalue weighted by atomic mass is 9.88. The summed E-state index contributed by atoms with van der Waals surface area (Å²) < 4.78 is 19.3. The van der Waals surface area contributed by atoms with E-state index in [1.807, 2.05) is 18.3 Å². The number of aromatic amines is 1. The summed E-state index contributed by atoms with van der Waals surface area (Å²) in [7, 11) is 1.71. The Labute approximate surface area is 193 Å². The molecule has 2 atom stereocenters. The average molecular weight is 452 g/mol. The number of ether oxygens (including phenoxy) is 1. The number of aryl methyl sites for hydroxylation is 1. The van der Waals surface area contributed by atoms with Gasteiger partial charge in [-0.15, -0.1) is 0 Å². The molecule has 174 valence electrons. The van der Waals surface area contributed by atoms with E-state index >= 15 is 0 Å². The van der Waals surface area contributed by atoms with Gasteiger partial charge < -0.3 is 14.8 Å². The van der Waals surface area contributed by atoms with Gasteiger partial charge in [-0.1, -0.05) is 12.1 Å². The number of nitrogens with one attached hydrogen (secondary N) is 1. The van der Waals surface area contributed by atoms with Crippen LogP contribution < -0.4 is 4.74 Å². The molecule has 2 fully saturated rings. The molecular weight excluding hydrogens is 421 g/mol. The molecule has 6 nitrogen and oxygen atoms in total. The largest absolute Gasteiger partial charge is 0.496 e. The fourth-order valence-electron chi connectivity index (χ4n) is 5.45. The molecular formula is C26H30FN3O3. The van der Waals surface area contributed by atoms with E-state index < -0.39 is 12.1 Å². The fourth-order valence-corrected chi connectivity index (χ4v) is 5.45. The van der Waals surface area contributed by atoms with Crippen LogP contribution >= 0.6 is 0 Å². The number of likely N-dealkylation sites (tertiary alicyclic amines) is 2. The van der Waals surface area contributed by atoms with E-state index in [-0.39, 0.29) is 11.6 Å². The number of piperidine rings is 1. The second-order valence-corrected chi connectivity index (χ2v) is 9.28. The van der Waals surface area contributed by atoms with E-state index in [1.54, 1.807) is 19.2 Å². The Bertz CT molecular complexity index is 1150. The van der Waals surface area contributed by atoms with Gasteiger partial charge in [0.05, 0.1) is 12.7 Å². The number of carboxylic acids is 1. The van der Waals surface area contributed by atoms with Crippen molar-refractivity contribution in [3.63, 3.8) is 0 Å². The highest BCUT2D eigenvalue weighted by atomic mass is 19.1. The lowest BCUT2D eigenvalue weighted by Gasteiger charge is -2.48. The van der Waals surface area contributed by atoms with Gasteiger partial charge in [0.1, 0.15) is 11.9 Å². The molecule has 3 heterocycles. The summed E-state index contributed by atoms with van der Waals surface area (Å²) in [5, 5.41) is 10.5. The van der Waals surface area contributed by atoms with Crippen LogP contribution in [0.1, 0.15) is 45.9 Å². The number of alkyl halides is 1. The van der Waals surface area contributed by atoms with Gasteiger partial charge in [0.2, 0.25) is 0 Å². The highest BCUT2D eigenvalue weighted by molar-refractivity contribution is 5.88. The maximum Gasteiger partial charge on any atom is 0.335 e. The third-order valence-corrected chi connectivity index (χ3v) is 7.30. The number of benzene rings is 2. The number of carbonyl (C=O) groups is 1. The van der Waals surface area contributed by atoms with Gasteiger partial charge >= 0.3 is 5.97 Å². The van der Waals surface area contributed by atoms with Crippen molar-refractivity contribution in [2.75, 3.05) is 26.7 Å². The number of halogens is 1. The summed E-state index contributed by atoms with van der Waals surface area (Å²) in [6.45, 7) is 4.72. The first kappa shape index (κ1) is 21.9. The van der Waals surface area contributed by atoms with E-state index in [2.05, 4.69) is 33.8 Å². The third-order valence-electron chi connectivity index (χ3n) is 7.30. The molecule has 3 aromatic rings. The number of aromatic nitrogens is 1. The Hall–Kier alpha value is -2.90. The molecule has 33 heavy (non-hydrogen) atoms. The molecule has 2 aromatic carbocycles. The number of aromatic carboxylic acids is 1. The molecule has 0 spiro atoms. The summed E-state index contributed by atoms with van der Waals surface area (Å²) in [5.74, 6) is -0.0431. The minimum Gasteiger partial charge on any atom is -0.496 e. The van der Waals surface area contributed by atoms with Gasteiger partial charge in [-0.2, -0.15) is 0 Å². The summed E-state index contributed by atoms with van der Waals surface area (Å²) in [6.07, 6.45) is 3.13. The van der Waals surface area contributed by atoms with Crippen LogP contribution in [0.5, 0.6) is 5.75 Å². The average Bonchev–Trinajstić information content (AvgIpc) is 3.30. The number of rotatable bonds is 6. The topological polar surface area (TPSA) is 68.8 Å². The number of nitrogens with zero attached hydrogens (tertiary/aromatic N) is 2. The highest BCUT2D eigenvalue weighted by Gasteiger charge is 2.38. The molecule has 0 amide bonds. The molecule has 2 aliphatic rings. The van der Waals surface area contributed by atoms with Crippen LogP contribution in [0.4, 0.5) is 4.39 Å². The third kappa shape index (κ3) is 4.11. The van der Waals surface area contributed by atoms with Crippen molar-refractivity contribution in [2.45, 2.75) is 44.6 Å². The number of hydrogen-bond donors (Lipinski definition) is 2. The van der Waals surface area contributed by atoms with Gasteiger partial charge in [0.15, 0.2) is 0 Å². The lowest BCUT2D eigenvalue weighted by molar-refractivity contribution is -0.0155. The van der Waals surface area contributed by atoms with Gasteiger partial charge in [-0.25, -0.2) is 9.18 Å². The zero-order valence-electron chi connectivity index (χ0n) is 19.1. The van der Waals surface area contributed by atoms with E-state index in [1.165, 1.54) is 0 Å². The van der Waals surface area contributed by atoms with Gasteiger partial charge in [-0.3, -0.25) is 9.80 Å². The van der Waals surface area contributed by atoms with Crippen LogP contribution in [0.2, 0.25) is 0 Å². The molecule has 2 aliphatic heterocycles. The van der Waals surface area contributed by atoms with Crippen LogP contribution in [0.3, 0.4) is 0 Å². The van der Waals surface area contributed by atoms with Crippen molar-refractivity contribution >= 4 is 16.9 Å². The van der Waals surface area contributed by atoms with Crippen molar-refractivity contribution in [2.24, 2.45) is 0 Å². The monoisotopic (exact) mass is 451 g/mol. The summed E-state index contributed by atoms with van der Waals surface area (Å²) in [4.78, 5) is 19.4. The summed E-state index contributed by atoms with van der Waals surface area (Å²) >= 11 is 0. The highest BCUT2D eigenvalue weighted by Crippen LogP contribution is 2.39. The van der Waals surface area contributed by atoms with Crippen molar-refractivity contribution in [1.82, 2.24) is 14.8 Å². The zero-order valence-corrected chi connectivity index (χ0v) is 19.1. The second-order valence-electron chi connectivity index (χ2n) is 9.28. The molecule has 2 N–H and O–H groups in total. The normalized spacial score (nSPS) is 22.4. The van der Waals surface area contributed by atoms with Crippen molar-refractivity contribution < 1.29 is 19.0 Å². The number of methoxy groups -OCH3 is 1. The molecule has 0 saturated carbocycles. The number of H-pyrrole nitrogens is 1. The molecule has 0 aliphatic carbocycles. The van der Waals surface area contributed by atoms with Crippen LogP contribution in [0.15, 0.2) is 42.6 Å². The van der Waals surface area contributed by atoms with E-state index in [0.29, 0.717) is 19.1 Å². The predicted octanol–water partition coefficient (Wildman–Crippen LogP) is 4.54. The van der Waals surface area contributed by atoms with Crippen molar-refractivity contribution in [3.8, 4) is 5.75 Å². The molecule has 1 aromatic heterocycles. The van der Waals surface area contributed by atoms with E-state index in [9.17, 15) is 14.3 Å². The van der Waals surface area contributed by atoms with Crippen molar-refractivity contribution in [3.05, 3.63) is 64.8 Å². The number of hydrogen-bond acceptors (Lipinski definition) is 4. The maximum atomic E-state index is 13.5. The van der Waals surface area contributed by atoms with Crippen molar-refractivity contribution in [1.29, 1.82) is 0 Å². The van der Waals surface area contributed by atoms with Gasteiger partial charge in [0.25, 0.3) is 0 Å². The molecule has 0 unspecified atom stereocenters. The zero-order chi connectivity index (χ0) is 23.1. The summed E-state index contributed by atoms with van der Waals surface area (Å²) in [5.41, 5.74) is 4.80. The Morgan fingerprint density at radius 1 is 1.24 bits per heavy atom. The molecule has 0 bridgehead atoms. The molecule has 7 heteroatoms. The first-order valence-electron chi connectivity index (χ1n) is 11.5. The molecule has 5 rings (SSSR count). The van der Waals surface area contributed by atoms with Crippen LogP contribution in [0, 0.1) is 6.92 Å². The molecule has 2 saturated heterocycles. The number of fused-ring (bicyclic) bond motifs is 1. The van der Waals surface area contributed by atoms with Crippen LogP contribution in [-0.2, 0) is 6.54 Å². The lowest BCUT2D eigenvalue weighted by Crippen LogP contribution is -2.56. The first-order chi connectivity index (χ1) is 15.9. The van der Waals surface area contributed by atoms with Crippen LogP contribution in [0.25, 0.3) is 10.9 Å². The quantitative estimate of drug-likeness (QED) is 0.576. The smallest absolute Gasteiger partial charge is 0.335 e. The fraction of sp³-hybridized carbons (Fsp3) is 0.423.